The molecular weight excluding hydrogens is 290 g/mol. The molecule has 114 valence electrons. The van der Waals surface area contributed by atoms with Gasteiger partial charge in [0, 0.05) is 0 Å². The van der Waals surface area contributed by atoms with E-state index >= 15 is 0 Å². The number of rotatable bonds is 2. The van der Waals surface area contributed by atoms with E-state index in [0.717, 1.165) is 6.33 Å². The summed E-state index contributed by atoms with van der Waals surface area (Å²) in [5, 5.41) is 18.9. The molecule has 21 heavy (non-hydrogen) atoms. The van der Waals surface area contributed by atoms with Crippen molar-refractivity contribution in [3.63, 3.8) is 0 Å². The van der Waals surface area contributed by atoms with Gasteiger partial charge in [0.15, 0.2) is 6.23 Å². The summed E-state index contributed by atoms with van der Waals surface area (Å²) in [5.41, 5.74) is 1.43. The van der Waals surface area contributed by atoms with Crippen LogP contribution in [0, 0.1) is 11.8 Å². The van der Waals surface area contributed by atoms with Gasteiger partial charge in [-0.2, -0.15) is 4.98 Å². The van der Waals surface area contributed by atoms with Crippen LogP contribution >= 0.6 is 0 Å². The normalized spacial score (nSPS) is 31.7. The number of aromatic nitrogens is 3. The van der Waals surface area contributed by atoms with Crippen LogP contribution < -0.4 is 11.4 Å². The van der Waals surface area contributed by atoms with Crippen LogP contribution in [0.1, 0.15) is 6.23 Å². The fourth-order valence-electron chi connectivity index (χ4n) is 1.99. The van der Waals surface area contributed by atoms with Gasteiger partial charge < -0.3 is 20.7 Å². The van der Waals surface area contributed by atoms with E-state index in [1.54, 1.807) is 0 Å². The number of hydrogen-bond donors (Lipinski definition) is 3. The Kier molecular flexibility index (Phi) is 4.17. The number of anilines is 1. The van der Waals surface area contributed by atoms with E-state index in [2.05, 4.69) is 9.97 Å². The minimum atomic E-state index is -2.80. The first kappa shape index (κ1) is 15.3. The Bertz CT molecular complexity index is 643. The molecule has 1 aromatic heterocycles. The topological polar surface area (TPSA) is 123 Å². The molecular formula is C11H12F2N4O4. The Labute approximate surface area is 117 Å². The van der Waals surface area contributed by atoms with Gasteiger partial charge in [0.2, 0.25) is 11.6 Å². The molecule has 1 aliphatic rings. The number of aliphatic hydroxyl groups is 2. The highest BCUT2D eigenvalue weighted by molar-refractivity contribution is 5.23. The summed E-state index contributed by atoms with van der Waals surface area (Å²) in [5.74, 6) is 3.40. The Morgan fingerprint density at radius 3 is 2.90 bits per heavy atom. The van der Waals surface area contributed by atoms with Crippen LogP contribution in [0.2, 0.25) is 0 Å². The van der Waals surface area contributed by atoms with Crippen LogP contribution in [0.3, 0.4) is 0 Å². The number of nitrogen functional groups attached to an aromatic ring is 1. The predicted molar refractivity (Wildman–Crippen MR) is 65.3 cm³/mol. The molecule has 1 saturated heterocycles. The van der Waals surface area contributed by atoms with Gasteiger partial charge >= 0.3 is 5.69 Å². The Balaban J connectivity index is 2.51. The Hall–Kier alpha value is -2.09. The molecule has 10 heteroatoms. The summed E-state index contributed by atoms with van der Waals surface area (Å²) in [7, 11) is 0. The Morgan fingerprint density at radius 2 is 2.33 bits per heavy atom. The third-order valence-corrected chi connectivity index (χ3v) is 2.97. The van der Waals surface area contributed by atoms with Crippen molar-refractivity contribution in [1.82, 2.24) is 14.5 Å². The lowest BCUT2D eigenvalue weighted by Crippen LogP contribution is -2.44. The fraction of sp³-hybridized carbons (Fsp3) is 0.545. The van der Waals surface area contributed by atoms with Crippen molar-refractivity contribution >= 4 is 5.95 Å². The molecule has 0 saturated carbocycles. The molecule has 0 bridgehead atoms. The molecule has 2 heterocycles. The average molecular weight is 302 g/mol. The number of halogens is 2. The highest BCUT2D eigenvalue weighted by Crippen LogP contribution is 2.40. The summed E-state index contributed by atoms with van der Waals surface area (Å²) >= 11 is 0. The van der Waals surface area contributed by atoms with Gasteiger partial charge in [0.25, 0.3) is 0 Å². The van der Waals surface area contributed by atoms with Crippen LogP contribution in [-0.4, -0.2) is 55.9 Å². The maximum atomic E-state index is 14.9. The third kappa shape index (κ3) is 2.58. The number of nitrogens with zero attached hydrogens (tertiary/aromatic N) is 3. The van der Waals surface area contributed by atoms with Crippen LogP contribution in [-0.2, 0) is 4.74 Å². The standard InChI is InChI=1S/C11H12F2N4O4/c12-3-1-2-11(13)7(19)6(4-18)21-8(11)17-5-15-9(14)16-10(17)20/h5-8,18-19H,3-4H2,(H2,14,16,20)/t6-,7+,8-,11?/m1/s1. The molecule has 1 unspecified atom stereocenters. The van der Waals surface area contributed by atoms with Gasteiger partial charge in [-0.05, 0) is 0 Å². The second kappa shape index (κ2) is 5.72. The van der Waals surface area contributed by atoms with E-state index in [-0.39, 0.29) is 5.95 Å². The number of alkyl halides is 2. The molecule has 4 N–H and O–H groups in total. The molecule has 0 spiro atoms. The molecule has 2 rings (SSSR count). The lowest BCUT2D eigenvalue weighted by Gasteiger charge is -2.23. The molecule has 4 atom stereocenters. The summed E-state index contributed by atoms with van der Waals surface area (Å²) in [6, 6.07) is 0. The van der Waals surface area contributed by atoms with Gasteiger partial charge in [-0.3, -0.25) is 4.57 Å². The van der Waals surface area contributed by atoms with Crippen LogP contribution in [0.5, 0.6) is 0 Å². The zero-order chi connectivity index (χ0) is 15.6. The van der Waals surface area contributed by atoms with Crippen molar-refractivity contribution in [3.8, 4) is 11.8 Å². The maximum Gasteiger partial charge on any atom is 0.354 e. The summed E-state index contributed by atoms with van der Waals surface area (Å²) < 4.78 is 32.8. The van der Waals surface area contributed by atoms with Crippen molar-refractivity contribution in [2.75, 3.05) is 19.0 Å². The van der Waals surface area contributed by atoms with Crippen LogP contribution in [0.15, 0.2) is 11.1 Å². The van der Waals surface area contributed by atoms with Crippen LogP contribution in [0.25, 0.3) is 0 Å². The monoisotopic (exact) mass is 302 g/mol. The van der Waals surface area contributed by atoms with Gasteiger partial charge in [-0.25, -0.2) is 18.6 Å². The highest BCUT2D eigenvalue weighted by Gasteiger charge is 2.57. The average Bonchev–Trinajstić information content (AvgIpc) is 2.70. The fourth-order valence-corrected chi connectivity index (χ4v) is 1.99. The number of ether oxygens (including phenoxy) is 1. The molecule has 1 aliphatic heterocycles. The molecule has 8 nitrogen and oxygen atoms in total. The van der Waals surface area contributed by atoms with Gasteiger partial charge in [-0.1, -0.05) is 11.8 Å². The second-order valence-electron chi connectivity index (χ2n) is 4.26. The van der Waals surface area contributed by atoms with Crippen molar-refractivity contribution in [3.05, 3.63) is 16.8 Å². The number of nitrogens with two attached hydrogens (primary N) is 1. The smallest absolute Gasteiger partial charge is 0.354 e. The van der Waals surface area contributed by atoms with E-state index in [1.165, 1.54) is 0 Å². The van der Waals surface area contributed by atoms with Crippen LogP contribution in [0.4, 0.5) is 14.7 Å². The first-order chi connectivity index (χ1) is 9.93. The highest BCUT2D eigenvalue weighted by atomic mass is 19.1. The summed E-state index contributed by atoms with van der Waals surface area (Å²) in [6.07, 6.45) is -4.08. The van der Waals surface area contributed by atoms with E-state index < -0.39 is 43.1 Å². The summed E-state index contributed by atoms with van der Waals surface area (Å²) in [6.45, 7) is -1.87. The molecule has 0 amide bonds. The Morgan fingerprint density at radius 1 is 1.62 bits per heavy atom. The molecule has 0 aromatic carbocycles. The minimum absolute atomic E-state index is 0.326. The van der Waals surface area contributed by atoms with Gasteiger partial charge in [0.05, 0.1) is 6.61 Å². The van der Waals surface area contributed by atoms with Crippen molar-refractivity contribution in [2.45, 2.75) is 24.1 Å². The van der Waals surface area contributed by atoms with Gasteiger partial charge in [0.1, 0.15) is 25.2 Å². The lowest BCUT2D eigenvalue weighted by molar-refractivity contribution is -0.0547. The number of hydrogen-bond acceptors (Lipinski definition) is 7. The molecule has 0 radical (unpaired) electrons. The number of aliphatic hydroxyl groups excluding tert-OH is 2. The van der Waals surface area contributed by atoms with Crippen molar-refractivity contribution < 1.29 is 23.7 Å². The van der Waals surface area contributed by atoms with Crippen molar-refractivity contribution in [2.24, 2.45) is 0 Å². The van der Waals surface area contributed by atoms with E-state index in [9.17, 15) is 18.7 Å². The van der Waals surface area contributed by atoms with E-state index in [1.807, 2.05) is 11.8 Å². The molecule has 1 aromatic rings. The SMILES string of the molecule is Nc1ncn([C@@H]2O[C@H](CO)[C@H](O)C2(F)C#CCF)c(=O)n1. The zero-order valence-electron chi connectivity index (χ0n) is 10.6. The zero-order valence-corrected chi connectivity index (χ0v) is 10.6. The quantitative estimate of drug-likeness (QED) is 0.548. The van der Waals surface area contributed by atoms with E-state index in [4.69, 9.17) is 15.6 Å². The maximum absolute atomic E-state index is 14.9. The van der Waals surface area contributed by atoms with E-state index in [0.29, 0.717) is 4.57 Å². The van der Waals surface area contributed by atoms with Gasteiger partial charge in [-0.15, -0.1) is 0 Å². The lowest BCUT2D eigenvalue weighted by atomic mass is 9.96. The molecule has 0 aliphatic carbocycles. The first-order valence-corrected chi connectivity index (χ1v) is 5.84. The minimum Gasteiger partial charge on any atom is -0.394 e. The largest absolute Gasteiger partial charge is 0.394 e. The third-order valence-electron chi connectivity index (χ3n) is 2.97. The summed E-state index contributed by atoms with van der Waals surface area (Å²) in [4.78, 5) is 18.5. The molecule has 1 fully saturated rings. The first-order valence-electron chi connectivity index (χ1n) is 5.84. The van der Waals surface area contributed by atoms with Crippen molar-refractivity contribution in [1.29, 1.82) is 0 Å². The predicted octanol–water partition coefficient (Wildman–Crippen LogP) is -1.85. The second-order valence-corrected chi connectivity index (χ2v) is 4.26.